The van der Waals surface area contributed by atoms with Crippen molar-refractivity contribution >= 4 is 0 Å². The van der Waals surface area contributed by atoms with Crippen LogP contribution < -0.4 is 0 Å². The predicted molar refractivity (Wildman–Crippen MR) is 79.8 cm³/mol. The zero-order valence-electron chi connectivity index (χ0n) is 12.9. The molecule has 1 aliphatic heterocycles. The smallest absolute Gasteiger partial charge is 0.299 e. The van der Waals surface area contributed by atoms with Gasteiger partial charge in [0.2, 0.25) is 0 Å². The summed E-state index contributed by atoms with van der Waals surface area (Å²) in [6.45, 7) is 4.37. The quantitative estimate of drug-likeness (QED) is 0.940. The van der Waals surface area contributed by atoms with E-state index in [1.54, 1.807) is 12.1 Å². The van der Waals surface area contributed by atoms with Crippen molar-refractivity contribution in [2.75, 3.05) is 13.1 Å². The monoisotopic (exact) mass is 324 g/mol. The number of H-pyrrole nitrogens is 1. The second kappa shape index (κ2) is 6.31. The number of piperidine rings is 1. The van der Waals surface area contributed by atoms with E-state index in [0.29, 0.717) is 12.5 Å². The molecule has 0 unspecified atom stereocenters. The Bertz CT molecular complexity index is 640. The number of alkyl halides is 3. The SMILES string of the molecule is Cc1nc(C2CCN(Cc3ccc(C(F)(F)F)cc3)CC2)n[nH]1. The van der Waals surface area contributed by atoms with Crippen molar-refractivity contribution in [3.63, 3.8) is 0 Å². The lowest BCUT2D eigenvalue weighted by Crippen LogP contribution is -2.32. The largest absolute Gasteiger partial charge is 0.416 e. The van der Waals surface area contributed by atoms with Gasteiger partial charge in [-0.1, -0.05) is 12.1 Å². The molecule has 7 heteroatoms. The summed E-state index contributed by atoms with van der Waals surface area (Å²) in [4.78, 5) is 6.65. The minimum Gasteiger partial charge on any atom is -0.299 e. The van der Waals surface area contributed by atoms with Gasteiger partial charge in [-0.05, 0) is 50.6 Å². The van der Waals surface area contributed by atoms with Crippen LogP contribution in [0.25, 0.3) is 0 Å². The van der Waals surface area contributed by atoms with E-state index in [1.807, 2.05) is 6.92 Å². The first kappa shape index (κ1) is 16.0. The highest BCUT2D eigenvalue weighted by Crippen LogP contribution is 2.30. The maximum atomic E-state index is 12.6. The molecule has 0 amide bonds. The second-order valence-electron chi connectivity index (χ2n) is 6.02. The molecule has 0 atom stereocenters. The number of likely N-dealkylation sites (tertiary alicyclic amines) is 1. The van der Waals surface area contributed by atoms with Crippen LogP contribution in [0.4, 0.5) is 13.2 Å². The number of aromatic amines is 1. The summed E-state index contributed by atoms with van der Waals surface area (Å²) in [6.07, 6.45) is -2.33. The Hall–Kier alpha value is -1.89. The molecule has 3 rings (SSSR count). The molecule has 4 nitrogen and oxygen atoms in total. The molecule has 1 N–H and O–H groups in total. The number of hydrogen-bond acceptors (Lipinski definition) is 3. The van der Waals surface area contributed by atoms with Gasteiger partial charge in [-0.15, -0.1) is 0 Å². The van der Waals surface area contributed by atoms with Gasteiger partial charge in [0.05, 0.1) is 5.56 Å². The molecule has 0 bridgehead atoms. The molecule has 0 spiro atoms. The van der Waals surface area contributed by atoms with E-state index in [0.717, 1.165) is 55.3 Å². The first-order valence-corrected chi connectivity index (χ1v) is 7.69. The van der Waals surface area contributed by atoms with Gasteiger partial charge in [0.25, 0.3) is 0 Å². The van der Waals surface area contributed by atoms with Crippen LogP contribution in [0.15, 0.2) is 24.3 Å². The highest BCUT2D eigenvalue weighted by atomic mass is 19.4. The highest BCUT2D eigenvalue weighted by molar-refractivity contribution is 5.24. The molecule has 2 aromatic rings. The Balaban J connectivity index is 1.54. The van der Waals surface area contributed by atoms with Gasteiger partial charge in [-0.3, -0.25) is 10.00 Å². The third-order valence-electron chi connectivity index (χ3n) is 4.25. The van der Waals surface area contributed by atoms with Gasteiger partial charge in [0.1, 0.15) is 5.82 Å². The molecule has 1 saturated heterocycles. The Kier molecular flexibility index (Phi) is 4.39. The van der Waals surface area contributed by atoms with Crippen molar-refractivity contribution in [1.82, 2.24) is 20.1 Å². The minimum atomic E-state index is -4.27. The topological polar surface area (TPSA) is 44.8 Å². The fraction of sp³-hybridized carbons (Fsp3) is 0.500. The third kappa shape index (κ3) is 3.90. The molecule has 0 aliphatic carbocycles. The van der Waals surface area contributed by atoms with Crippen LogP contribution in [0, 0.1) is 6.92 Å². The van der Waals surface area contributed by atoms with Crippen LogP contribution in [0.1, 0.15) is 41.5 Å². The van der Waals surface area contributed by atoms with E-state index < -0.39 is 11.7 Å². The van der Waals surface area contributed by atoms with Crippen molar-refractivity contribution in [3.05, 3.63) is 47.0 Å². The lowest BCUT2D eigenvalue weighted by atomic mass is 9.96. The van der Waals surface area contributed by atoms with Gasteiger partial charge >= 0.3 is 6.18 Å². The maximum Gasteiger partial charge on any atom is 0.416 e. The summed E-state index contributed by atoms with van der Waals surface area (Å²) in [5.41, 5.74) is 0.310. The Labute approximate surface area is 132 Å². The average molecular weight is 324 g/mol. The van der Waals surface area contributed by atoms with Crippen LogP contribution >= 0.6 is 0 Å². The van der Waals surface area contributed by atoms with E-state index in [9.17, 15) is 13.2 Å². The van der Waals surface area contributed by atoms with Crippen molar-refractivity contribution < 1.29 is 13.2 Å². The van der Waals surface area contributed by atoms with E-state index in [1.165, 1.54) is 0 Å². The Morgan fingerprint density at radius 1 is 1.17 bits per heavy atom. The van der Waals surface area contributed by atoms with Gasteiger partial charge in [-0.25, -0.2) is 4.98 Å². The van der Waals surface area contributed by atoms with Gasteiger partial charge < -0.3 is 0 Å². The molecule has 1 aromatic carbocycles. The number of halogens is 3. The second-order valence-corrected chi connectivity index (χ2v) is 6.02. The summed E-state index contributed by atoms with van der Waals surface area (Å²) in [5.74, 6) is 2.06. The lowest BCUT2D eigenvalue weighted by Gasteiger charge is -2.30. The summed E-state index contributed by atoms with van der Waals surface area (Å²) in [5, 5.41) is 7.09. The van der Waals surface area contributed by atoms with Gasteiger partial charge in [-0.2, -0.15) is 18.3 Å². The number of rotatable bonds is 3. The predicted octanol–water partition coefficient (Wildman–Crippen LogP) is 3.51. The van der Waals surface area contributed by atoms with Crippen molar-refractivity contribution in [2.24, 2.45) is 0 Å². The van der Waals surface area contributed by atoms with E-state index in [-0.39, 0.29) is 0 Å². The van der Waals surface area contributed by atoms with Crippen LogP contribution in [-0.2, 0) is 12.7 Å². The zero-order valence-corrected chi connectivity index (χ0v) is 12.9. The summed E-state index contributed by atoms with van der Waals surface area (Å²) >= 11 is 0. The van der Waals surface area contributed by atoms with Crippen molar-refractivity contribution in [1.29, 1.82) is 0 Å². The normalized spacial score (nSPS) is 17.6. The van der Waals surface area contributed by atoms with Crippen LogP contribution in [-0.4, -0.2) is 33.2 Å². The van der Waals surface area contributed by atoms with Crippen LogP contribution in [0.3, 0.4) is 0 Å². The molecular formula is C16H19F3N4. The molecule has 124 valence electrons. The minimum absolute atomic E-state index is 0.365. The molecule has 0 radical (unpaired) electrons. The fourth-order valence-electron chi connectivity index (χ4n) is 2.95. The standard InChI is InChI=1S/C16H19F3N4/c1-11-20-15(22-21-11)13-6-8-23(9-7-13)10-12-2-4-14(5-3-12)16(17,18)19/h2-5,13H,6-10H2,1H3,(H,20,21,22). The number of benzene rings is 1. The first-order chi connectivity index (χ1) is 10.9. The Morgan fingerprint density at radius 2 is 1.83 bits per heavy atom. The molecule has 1 aliphatic rings. The average Bonchev–Trinajstić information content (AvgIpc) is 2.94. The molecule has 0 saturated carbocycles. The van der Waals surface area contributed by atoms with Gasteiger partial charge in [0.15, 0.2) is 5.82 Å². The van der Waals surface area contributed by atoms with Crippen molar-refractivity contribution in [3.8, 4) is 0 Å². The first-order valence-electron chi connectivity index (χ1n) is 7.69. The molecule has 23 heavy (non-hydrogen) atoms. The number of aryl methyl sites for hydroxylation is 1. The molecular weight excluding hydrogens is 305 g/mol. The third-order valence-corrected chi connectivity index (χ3v) is 4.25. The molecule has 1 aromatic heterocycles. The van der Waals surface area contributed by atoms with E-state index >= 15 is 0 Å². The van der Waals surface area contributed by atoms with E-state index in [4.69, 9.17) is 0 Å². The van der Waals surface area contributed by atoms with Crippen LogP contribution in [0.5, 0.6) is 0 Å². The summed E-state index contributed by atoms with van der Waals surface area (Å²) < 4.78 is 37.7. The number of aromatic nitrogens is 3. The van der Waals surface area contributed by atoms with E-state index in [2.05, 4.69) is 20.1 Å². The lowest BCUT2D eigenvalue weighted by molar-refractivity contribution is -0.137. The number of nitrogens with zero attached hydrogens (tertiary/aromatic N) is 3. The van der Waals surface area contributed by atoms with Gasteiger partial charge in [0, 0.05) is 12.5 Å². The fourth-order valence-corrected chi connectivity index (χ4v) is 2.95. The van der Waals surface area contributed by atoms with Crippen molar-refractivity contribution in [2.45, 2.75) is 38.4 Å². The Morgan fingerprint density at radius 3 is 2.35 bits per heavy atom. The zero-order chi connectivity index (χ0) is 16.4. The number of hydrogen-bond donors (Lipinski definition) is 1. The summed E-state index contributed by atoms with van der Waals surface area (Å²) in [7, 11) is 0. The molecule has 1 fully saturated rings. The number of nitrogens with one attached hydrogen (secondary N) is 1. The van der Waals surface area contributed by atoms with Crippen LogP contribution in [0.2, 0.25) is 0 Å². The maximum absolute atomic E-state index is 12.6. The molecule has 2 heterocycles. The highest BCUT2D eigenvalue weighted by Gasteiger charge is 2.30. The summed E-state index contributed by atoms with van der Waals surface area (Å²) in [6, 6.07) is 5.43.